The van der Waals surface area contributed by atoms with Crippen LogP contribution in [0.2, 0.25) is 0 Å². The molecule has 0 saturated carbocycles. The number of amides is 1. The molecular formula is C24H28N4O2. The number of rotatable bonds is 7. The molecular weight excluding hydrogens is 376 g/mol. The van der Waals surface area contributed by atoms with Crippen LogP contribution in [0.4, 0.5) is 5.82 Å². The summed E-state index contributed by atoms with van der Waals surface area (Å²) in [5, 5.41) is 1.02. The van der Waals surface area contributed by atoms with Gasteiger partial charge in [-0.2, -0.15) is 0 Å². The van der Waals surface area contributed by atoms with Crippen molar-refractivity contribution in [3.8, 4) is 0 Å². The van der Waals surface area contributed by atoms with Gasteiger partial charge in [0.05, 0.1) is 18.7 Å². The summed E-state index contributed by atoms with van der Waals surface area (Å²) in [6, 6.07) is 18.4. The van der Waals surface area contributed by atoms with Crippen LogP contribution in [0.1, 0.15) is 24.7 Å². The highest BCUT2D eigenvalue weighted by Crippen LogP contribution is 2.26. The third kappa shape index (κ3) is 4.76. The van der Waals surface area contributed by atoms with Gasteiger partial charge in [0.15, 0.2) is 0 Å². The topological polar surface area (TPSA) is 58.6 Å². The van der Waals surface area contributed by atoms with Crippen molar-refractivity contribution in [3.63, 3.8) is 0 Å². The molecule has 0 bridgehead atoms. The summed E-state index contributed by atoms with van der Waals surface area (Å²) >= 11 is 0. The maximum atomic E-state index is 12.8. The molecule has 6 heteroatoms. The van der Waals surface area contributed by atoms with Gasteiger partial charge < -0.3 is 14.5 Å². The molecule has 30 heavy (non-hydrogen) atoms. The number of hydrogen-bond acceptors (Lipinski definition) is 5. The molecule has 4 rings (SSSR count). The average molecular weight is 405 g/mol. The predicted molar refractivity (Wildman–Crippen MR) is 118 cm³/mol. The van der Waals surface area contributed by atoms with Crippen LogP contribution in [0.25, 0.3) is 10.9 Å². The van der Waals surface area contributed by atoms with E-state index in [0.717, 1.165) is 29.0 Å². The van der Waals surface area contributed by atoms with Crippen molar-refractivity contribution in [2.75, 3.05) is 37.7 Å². The summed E-state index contributed by atoms with van der Waals surface area (Å²) in [5.74, 6) is 1.89. The third-order valence-electron chi connectivity index (χ3n) is 5.42. The van der Waals surface area contributed by atoms with E-state index in [4.69, 9.17) is 9.72 Å². The van der Waals surface area contributed by atoms with Crippen molar-refractivity contribution in [3.05, 3.63) is 66.0 Å². The van der Waals surface area contributed by atoms with E-state index in [1.807, 2.05) is 41.3 Å². The highest BCUT2D eigenvalue weighted by atomic mass is 16.5. The number of benzene rings is 2. The largest absolute Gasteiger partial charge is 0.378 e. The van der Waals surface area contributed by atoms with Crippen molar-refractivity contribution in [2.24, 2.45) is 0 Å². The summed E-state index contributed by atoms with van der Waals surface area (Å²) in [4.78, 5) is 26.5. The van der Waals surface area contributed by atoms with E-state index >= 15 is 0 Å². The highest BCUT2D eigenvalue weighted by molar-refractivity contribution is 5.89. The summed E-state index contributed by atoms with van der Waals surface area (Å²) in [6.07, 6.45) is 1.22. The van der Waals surface area contributed by atoms with Gasteiger partial charge in [0.2, 0.25) is 5.91 Å². The number of anilines is 1. The standard InChI is InChI=1S/C24H28N4O2/c1-2-22-25-21-11-7-6-10-20(21)24(26-22)28(18-19-8-4-3-5-9-19)13-12-23(29)27-14-16-30-17-15-27/h3-11H,2,12-18H2,1H3. The minimum atomic E-state index is 0.172. The van der Waals surface area contributed by atoms with Crippen molar-refractivity contribution in [1.82, 2.24) is 14.9 Å². The second-order valence-electron chi connectivity index (χ2n) is 7.48. The van der Waals surface area contributed by atoms with Crippen molar-refractivity contribution < 1.29 is 9.53 Å². The Morgan fingerprint density at radius 3 is 2.53 bits per heavy atom. The number of ether oxygens (including phenoxy) is 1. The molecule has 1 amide bonds. The van der Waals surface area contributed by atoms with Gasteiger partial charge in [0.1, 0.15) is 11.6 Å². The van der Waals surface area contributed by atoms with E-state index in [2.05, 4.69) is 35.0 Å². The van der Waals surface area contributed by atoms with Crippen molar-refractivity contribution in [2.45, 2.75) is 26.3 Å². The zero-order chi connectivity index (χ0) is 20.8. The van der Waals surface area contributed by atoms with Gasteiger partial charge in [-0.1, -0.05) is 49.4 Å². The Labute approximate surface area is 177 Å². The van der Waals surface area contributed by atoms with E-state index in [1.54, 1.807) is 0 Å². The maximum Gasteiger partial charge on any atom is 0.224 e. The minimum Gasteiger partial charge on any atom is -0.378 e. The first-order chi connectivity index (χ1) is 14.7. The van der Waals surface area contributed by atoms with Crippen LogP contribution in [0.3, 0.4) is 0 Å². The van der Waals surface area contributed by atoms with Gasteiger partial charge in [-0.05, 0) is 17.7 Å². The number of morpholine rings is 1. The van der Waals surface area contributed by atoms with Gasteiger partial charge in [0, 0.05) is 44.4 Å². The number of aryl methyl sites for hydroxylation is 1. The van der Waals surface area contributed by atoms with Gasteiger partial charge in [-0.25, -0.2) is 9.97 Å². The molecule has 2 heterocycles. The fraction of sp³-hybridized carbons (Fsp3) is 0.375. The van der Waals surface area contributed by atoms with Crippen LogP contribution in [0.15, 0.2) is 54.6 Å². The summed E-state index contributed by atoms with van der Waals surface area (Å²) in [6.45, 7) is 5.96. The number of hydrogen-bond donors (Lipinski definition) is 0. The Hall–Kier alpha value is -2.99. The van der Waals surface area contributed by atoms with Crippen molar-refractivity contribution in [1.29, 1.82) is 0 Å². The van der Waals surface area contributed by atoms with Gasteiger partial charge in [-0.3, -0.25) is 4.79 Å². The summed E-state index contributed by atoms with van der Waals surface area (Å²) in [5.41, 5.74) is 2.13. The molecule has 3 aromatic rings. The van der Waals surface area contributed by atoms with Crippen LogP contribution in [-0.4, -0.2) is 53.6 Å². The number of aromatic nitrogens is 2. The van der Waals surface area contributed by atoms with E-state index in [9.17, 15) is 4.79 Å². The number of carbonyl (C=O) groups excluding carboxylic acids is 1. The van der Waals surface area contributed by atoms with Crippen molar-refractivity contribution >= 4 is 22.6 Å². The fourth-order valence-corrected chi connectivity index (χ4v) is 3.77. The van der Waals surface area contributed by atoms with E-state index in [1.165, 1.54) is 5.56 Å². The van der Waals surface area contributed by atoms with Crippen LogP contribution in [0.5, 0.6) is 0 Å². The van der Waals surface area contributed by atoms with Gasteiger partial charge >= 0.3 is 0 Å². The van der Waals surface area contributed by atoms with Gasteiger partial charge in [-0.15, -0.1) is 0 Å². The lowest BCUT2D eigenvalue weighted by Gasteiger charge is -2.29. The zero-order valence-corrected chi connectivity index (χ0v) is 17.5. The normalized spacial score (nSPS) is 14.1. The average Bonchev–Trinajstić information content (AvgIpc) is 2.82. The third-order valence-corrected chi connectivity index (χ3v) is 5.42. The molecule has 0 radical (unpaired) electrons. The number of carbonyl (C=O) groups is 1. The molecule has 1 aliphatic heterocycles. The van der Waals surface area contributed by atoms with Crippen LogP contribution >= 0.6 is 0 Å². The molecule has 2 aromatic carbocycles. The molecule has 6 nitrogen and oxygen atoms in total. The quantitative estimate of drug-likeness (QED) is 0.604. The van der Waals surface area contributed by atoms with E-state index in [-0.39, 0.29) is 5.91 Å². The first-order valence-corrected chi connectivity index (χ1v) is 10.6. The second-order valence-corrected chi connectivity index (χ2v) is 7.48. The zero-order valence-electron chi connectivity index (χ0n) is 17.5. The Kier molecular flexibility index (Phi) is 6.54. The predicted octanol–water partition coefficient (Wildman–Crippen LogP) is 3.45. The van der Waals surface area contributed by atoms with Crippen LogP contribution in [0, 0.1) is 0 Å². The van der Waals surface area contributed by atoms with Crippen LogP contribution < -0.4 is 4.90 Å². The molecule has 0 N–H and O–H groups in total. The summed E-state index contributed by atoms with van der Waals surface area (Å²) < 4.78 is 5.38. The lowest BCUT2D eigenvalue weighted by atomic mass is 10.1. The minimum absolute atomic E-state index is 0.172. The number of para-hydroxylation sites is 1. The molecule has 0 atom stereocenters. The molecule has 0 unspecified atom stereocenters. The first kappa shape index (κ1) is 20.3. The van der Waals surface area contributed by atoms with E-state index < -0.39 is 0 Å². The Bertz CT molecular complexity index is 987. The Balaban J connectivity index is 1.63. The SMILES string of the molecule is CCc1nc(N(CCC(=O)N2CCOCC2)Cc2ccccc2)c2ccccc2n1. The first-order valence-electron chi connectivity index (χ1n) is 10.6. The Morgan fingerprint density at radius 2 is 1.77 bits per heavy atom. The van der Waals surface area contributed by atoms with Crippen LogP contribution in [-0.2, 0) is 22.5 Å². The lowest BCUT2D eigenvalue weighted by molar-refractivity contribution is -0.135. The van der Waals surface area contributed by atoms with Gasteiger partial charge in [0.25, 0.3) is 0 Å². The number of nitrogens with zero attached hydrogens (tertiary/aromatic N) is 4. The molecule has 1 fully saturated rings. The number of fused-ring (bicyclic) bond motifs is 1. The van der Waals surface area contributed by atoms with E-state index in [0.29, 0.717) is 45.8 Å². The fourth-order valence-electron chi connectivity index (χ4n) is 3.77. The monoisotopic (exact) mass is 404 g/mol. The molecule has 156 valence electrons. The summed E-state index contributed by atoms with van der Waals surface area (Å²) in [7, 11) is 0. The second kappa shape index (κ2) is 9.67. The molecule has 0 aliphatic carbocycles. The lowest BCUT2D eigenvalue weighted by Crippen LogP contribution is -2.42. The molecule has 1 aliphatic rings. The Morgan fingerprint density at radius 1 is 1.03 bits per heavy atom. The maximum absolute atomic E-state index is 12.8. The highest BCUT2D eigenvalue weighted by Gasteiger charge is 2.20. The smallest absolute Gasteiger partial charge is 0.224 e. The molecule has 1 aromatic heterocycles. The molecule has 0 spiro atoms. The molecule has 1 saturated heterocycles.